The van der Waals surface area contributed by atoms with Crippen LogP contribution in [0.25, 0.3) is 0 Å². The van der Waals surface area contributed by atoms with Crippen molar-refractivity contribution in [3.63, 3.8) is 0 Å². The summed E-state index contributed by atoms with van der Waals surface area (Å²) in [5, 5.41) is 8.65. The van der Waals surface area contributed by atoms with Crippen LogP contribution in [0, 0.1) is 0 Å². The van der Waals surface area contributed by atoms with Crippen LogP contribution in [-0.4, -0.2) is 28.9 Å². The third kappa shape index (κ3) is 3.16. The topological polar surface area (TPSA) is 114 Å². The summed E-state index contributed by atoms with van der Waals surface area (Å²) in [6.07, 6.45) is -1.49. The number of alkyl halides is 3. The standard InChI is InChI=1S/C9H11F3N6O/c10-9(11,12)4-19-6-3-5(17-18-6)8(14)1-2-15-7(13)16-8/h1-3H,4,14H2,(H,17,18)(H3,13,15,16). The predicted molar refractivity (Wildman–Crippen MR) is 59.9 cm³/mol. The van der Waals surface area contributed by atoms with E-state index in [0.717, 1.165) is 0 Å². The van der Waals surface area contributed by atoms with Gasteiger partial charge in [-0.25, -0.2) is 4.99 Å². The van der Waals surface area contributed by atoms with Gasteiger partial charge in [0.2, 0.25) is 5.88 Å². The summed E-state index contributed by atoms with van der Waals surface area (Å²) < 4.78 is 40.4. The average Bonchev–Trinajstić information content (AvgIpc) is 2.74. The van der Waals surface area contributed by atoms with Gasteiger partial charge in [-0.2, -0.15) is 13.2 Å². The predicted octanol–water partition coefficient (Wildman–Crippen LogP) is -0.106. The Kier molecular flexibility index (Phi) is 3.10. The monoisotopic (exact) mass is 276 g/mol. The Hall–Kier alpha value is -2.23. The highest BCUT2D eigenvalue weighted by molar-refractivity contribution is 5.80. The minimum absolute atomic E-state index is 0.0809. The van der Waals surface area contributed by atoms with Crippen LogP contribution in [0.1, 0.15) is 5.69 Å². The minimum Gasteiger partial charge on any atom is -0.467 e. The number of hydrogen-bond donors (Lipinski definition) is 4. The Labute approximate surface area is 105 Å². The molecule has 1 unspecified atom stereocenters. The summed E-state index contributed by atoms with van der Waals surface area (Å²) in [6, 6.07) is 1.23. The van der Waals surface area contributed by atoms with Crippen molar-refractivity contribution in [2.24, 2.45) is 16.5 Å². The quantitative estimate of drug-likeness (QED) is 0.615. The smallest absolute Gasteiger partial charge is 0.422 e. The first-order valence-corrected chi connectivity index (χ1v) is 5.12. The number of rotatable bonds is 3. The second-order valence-electron chi connectivity index (χ2n) is 3.82. The number of aromatic amines is 1. The third-order valence-corrected chi connectivity index (χ3v) is 2.24. The molecule has 0 bridgehead atoms. The van der Waals surface area contributed by atoms with Crippen molar-refractivity contribution in [2.75, 3.05) is 6.61 Å². The summed E-state index contributed by atoms with van der Waals surface area (Å²) in [5.41, 5.74) is 10.3. The molecule has 0 fully saturated rings. The number of aromatic nitrogens is 2. The SMILES string of the molecule is NC1=NC(N)(c2cc(OCC(F)(F)F)n[nH]2)C=CN1. The lowest BCUT2D eigenvalue weighted by Crippen LogP contribution is -2.42. The van der Waals surface area contributed by atoms with Gasteiger partial charge >= 0.3 is 6.18 Å². The number of hydrogen-bond acceptors (Lipinski definition) is 6. The molecule has 0 aromatic carbocycles. The Bertz CT molecular complexity index is 522. The molecule has 0 saturated carbocycles. The Morgan fingerprint density at radius 2 is 2.16 bits per heavy atom. The maximum Gasteiger partial charge on any atom is 0.422 e. The lowest BCUT2D eigenvalue weighted by Gasteiger charge is -2.23. The molecule has 6 N–H and O–H groups in total. The zero-order chi connectivity index (χ0) is 14.1. The second-order valence-corrected chi connectivity index (χ2v) is 3.82. The Morgan fingerprint density at radius 3 is 2.79 bits per heavy atom. The lowest BCUT2D eigenvalue weighted by molar-refractivity contribution is -0.154. The molecule has 1 aromatic heterocycles. The molecule has 1 aliphatic heterocycles. The summed E-state index contributed by atoms with van der Waals surface area (Å²) in [5.74, 6) is -0.143. The van der Waals surface area contributed by atoms with Gasteiger partial charge in [-0.15, -0.1) is 5.10 Å². The highest BCUT2D eigenvalue weighted by atomic mass is 19.4. The van der Waals surface area contributed by atoms with E-state index >= 15 is 0 Å². The molecule has 0 spiro atoms. The molecule has 2 heterocycles. The highest BCUT2D eigenvalue weighted by Crippen LogP contribution is 2.25. The van der Waals surface area contributed by atoms with Crippen molar-refractivity contribution >= 4 is 5.96 Å². The fraction of sp³-hybridized carbons (Fsp3) is 0.333. The molecule has 1 aliphatic rings. The van der Waals surface area contributed by atoms with Crippen LogP contribution >= 0.6 is 0 Å². The fourth-order valence-corrected chi connectivity index (χ4v) is 1.41. The number of nitrogens with one attached hydrogen (secondary N) is 2. The van der Waals surface area contributed by atoms with Crippen LogP contribution in [0.15, 0.2) is 23.3 Å². The number of nitrogens with two attached hydrogens (primary N) is 2. The van der Waals surface area contributed by atoms with Crippen LogP contribution in [0.2, 0.25) is 0 Å². The normalized spacial score (nSPS) is 22.8. The first-order chi connectivity index (χ1) is 8.78. The van der Waals surface area contributed by atoms with E-state index in [4.69, 9.17) is 11.5 Å². The van der Waals surface area contributed by atoms with E-state index in [1.165, 1.54) is 18.3 Å². The van der Waals surface area contributed by atoms with E-state index in [-0.39, 0.29) is 17.5 Å². The van der Waals surface area contributed by atoms with Crippen molar-refractivity contribution in [3.8, 4) is 5.88 Å². The summed E-state index contributed by atoms with van der Waals surface area (Å²) in [4.78, 5) is 3.93. The average molecular weight is 276 g/mol. The number of halogens is 3. The van der Waals surface area contributed by atoms with Gasteiger partial charge in [0, 0.05) is 12.3 Å². The molecule has 0 radical (unpaired) electrons. The van der Waals surface area contributed by atoms with Gasteiger partial charge < -0.3 is 15.8 Å². The maximum atomic E-state index is 12.0. The molecular formula is C9H11F3N6O. The van der Waals surface area contributed by atoms with Crippen LogP contribution < -0.4 is 21.5 Å². The fourth-order valence-electron chi connectivity index (χ4n) is 1.41. The minimum atomic E-state index is -4.43. The molecule has 0 amide bonds. The van der Waals surface area contributed by atoms with Crippen LogP contribution in [0.5, 0.6) is 5.88 Å². The molecule has 7 nitrogen and oxygen atoms in total. The molecular weight excluding hydrogens is 265 g/mol. The number of guanidine groups is 1. The third-order valence-electron chi connectivity index (χ3n) is 2.24. The highest BCUT2D eigenvalue weighted by Gasteiger charge is 2.31. The second kappa shape index (κ2) is 4.46. The number of ether oxygens (including phenoxy) is 1. The van der Waals surface area contributed by atoms with Crippen LogP contribution in [0.3, 0.4) is 0 Å². The van der Waals surface area contributed by atoms with Gasteiger partial charge in [0.25, 0.3) is 0 Å². The van der Waals surface area contributed by atoms with Crippen molar-refractivity contribution in [3.05, 3.63) is 24.0 Å². The van der Waals surface area contributed by atoms with E-state index in [0.29, 0.717) is 0 Å². The van der Waals surface area contributed by atoms with Crippen molar-refractivity contribution in [1.82, 2.24) is 15.5 Å². The summed E-state index contributed by atoms with van der Waals surface area (Å²) in [7, 11) is 0. The molecule has 19 heavy (non-hydrogen) atoms. The van der Waals surface area contributed by atoms with Gasteiger partial charge in [0.05, 0.1) is 5.69 Å². The Morgan fingerprint density at radius 1 is 1.42 bits per heavy atom. The first-order valence-electron chi connectivity index (χ1n) is 5.12. The molecule has 10 heteroatoms. The molecule has 0 aliphatic carbocycles. The zero-order valence-corrected chi connectivity index (χ0v) is 9.53. The number of aliphatic imine (C=N–C) groups is 1. The van der Waals surface area contributed by atoms with Gasteiger partial charge in [0.15, 0.2) is 18.2 Å². The van der Waals surface area contributed by atoms with Gasteiger partial charge in [-0.1, -0.05) is 0 Å². The largest absolute Gasteiger partial charge is 0.467 e. The van der Waals surface area contributed by atoms with Gasteiger partial charge in [-0.05, 0) is 6.08 Å². The number of nitrogens with zero attached hydrogens (tertiary/aromatic N) is 2. The van der Waals surface area contributed by atoms with Crippen LogP contribution in [0.4, 0.5) is 13.2 Å². The van der Waals surface area contributed by atoms with Crippen LogP contribution in [-0.2, 0) is 5.66 Å². The summed E-state index contributed by atoms with van der Waals surface area (Å²) >= 11 is 0. The molecule has 1 aromatic rings. The number of H-pyrrole nitrogens is 1. The lowest BCUT2D eigenvalue weighted by atomic mass is 10.1. The molecule has 1 atom stereocenters. The van der Waals surface area contributed by atoms with E-state index < -0.39 is 18.4 Å². The molecule has 104 valence electrons. The van der Waals surface area contributed by atoms with E-state index in [2.05, 4.69) is 25.2 Å². The van der Waals surface area contributed by atoms with Gasteiger partial charge in [-0.3, -0.25) is 10.8 Å². The van der Waals surface area contributed by atoms with Crippen molar-refractivity contribution in [2.45, 2.75) is 11.8 Å². The van der Waals surface area contributed by atoms with E-state index in [1.807, 2.05) is 0 Å². The first kappa shape index (κ1) is 13.2. The summed E-state index contributed by atoms with van der Waals surface area (Å²) in [6.45, 7) is -1.43. The Balaban J connectivity index is 2.13. The van der Waals surface area contributed by atoms with Gasteiger partial charge in [0.1, 0.15) is 0 Å². The van der Waals surface area contributed by atoms with Crippen molar-refractivity contribution < 1.29 is 17.9 Å². The molecule has 0 saturated heterocycles. The van der Waals surface area contributed by atoms with E-state index in [9.17, 15) is 13.2 Å². The molecule has 2 rings (SSSR count). The maximum absolute atomic E-state index is 12.0. The van der Waals surface area contributed by atoms with E-state index in [1.54, 1.807) is 0 Å². The zero-order valence-electron chi connectivity index (χ0n) is 9.53. The van der Waals surface area contributed by atoms with Crippen molar-refractivity contribution in [1.29, 1.82) is 0 Å².